The van der Waals surface area contributed by atoms with Crippen molar-refractivity contribution in [3.63, 3.8) is 0 Å². The van der Waals surface area contributed by atoms with Crippen LogP contribution in [0.2, 0.25) is 14.8 Å². The van der Waals surface area contributed by atoms with E-state index < -0.39 is 18.4 Å². The van der Waals surface area contributed by atoms with Gasteiger partial charge in [-0.25, -0.2) is 0 Å². The van der Waals surface area contributed by atoms with Crippen molar-refractivity contribution in [1.82, 2.24) is 0 Å². The molecule has 0 atom stereocenters. The molecule has 1 aromatic rings. The quantitative estimate of drug-likeness (QED) is 0.419. The fourth-order valence-corrected chi connectivity index (χ4v) is 5.12. The van der Waals surface area contributed by atoms with Crippen molar-refractivity contribution in [2.45, 2.75) is 40.5 Å². The van der Waals surface area contributed by atoms with E-state index in [4.69, 9.17) is 0 Å². The number of unbranched alkanes of at least 4 members (excludes halogenated alkanes) is 2. The second-order valence-electron chi connectivity index (χ2n) is 5.48. The van der Waals surface area contributed by atoms with E-state index in [0.29, 0.717) is 0 Å². The van der Waals surface area contributed by atoms with Crippen LogP contribution in [0, 0.1) is 0 Å². The molecule has 0 N–H and O–H groups in total. The summed E-state index contributed by atoms with van der Waals surface area (Å²) < 4.78 is 1.63. The van der Waals surface area contributed by atoms with E-state index in [1.165, 1.54) is 24.8 Å². The van der Waals surface area contributed by atoms with Crippen molar-refractivity contribution < 1.29 is 0 Å². The zero-order chi connectivity index (χ0) is 12.0. The van der Waals surface area contributed by atoms with Gasteiger partial charge in [0.1, 0.15) is 0 Å². The number of rotatable bonds is 6. The van der Waals surface area contributed by atoms with Gasteiger partial charge in [0.05, 0.1) is 0 Å². The van der Waals surface area contributed by atoms with Crippen LogP contribution in [0.1, 0.15) is 24.8 Å². The number of allylic oxidation sites excluding steroid dienone is 1. The summed E-state index contributed by atoms with van der Waals surface area (Å²) >= 11 is -1.82. The SMILES string of the molecule is C=CCCCCc1cc[c]([Sn]([CH3])([CH3])[CH3])cc1. The van der Waals surface area contributed by atoms with Gasteiger partial charge in [-0.1, -0.05) is 0 Å². The molecule has 0 aliphatic heterocycles. The molecule has 0 radical (unpaired) electrons. The van der Waals surface area contributed by atoms with Gasteiger partial charge in [0.25, 0.3) is 0 Å². The maximum absolute atomic E-state index is 3.75. The molecule has 1 rings (SSSR count). The summed E-state index contributed by atoms with van der Waals surface area (Å²) in [5, 5.41) is 0. The maximum atomic E-state index is 3.75. The summed E-state index contributed by atoms with van der Waals surface area (Å²) in [5.41, 5.74) is 1.49. The van der Waals surface area contributed by atoms with Crippen molar-refractivity contribution in [2.75, 3.05) is 0 Å². The van der Waals surface area contributed by atoms with Crippen LogP contribution in [0.3, 0.4) is 0 Å². The Morgan fingerprint density at radius 1 is 1.06 bits per heavy atom. The Morgan fingerprint density at radius 2 is 1.69 bits per heavy atom. The molecular formula is C15H24Sn. The Hall–Kier alpha value is -0.241. The number of benzene rings is 1. The van der Waals surface area contributed by atoms with Gasteiger partial charge in [-0.15, -0.1) is 0 Å². The molecule has 0 spiro atoms. The third kappa shape index (κ3) is 4.73. The van der Waals surface area contributed by atoms with Crippen LogP contribution in [-0.2, 0) is 6.42 Å². The second-order valence-corrected chi connectivity index (χ2v) is 20.0. The summed E-state index contributed by atoms with van der Waals surface area (Å²) in [5.74, 6) is 0. The summed E-state index contributed by atoms with van der Waals surface area (Å²) in [4.78, 5) is 7.40. The van der Waals surface area contributed by atoms with Crippen LogP contribution in [0.4, 0.5) is 0 Å². The predicted octanol–water partition coefficient (Wildman–Crippen LogP) is 4.13. The molecule has 0 heterocycles. The summed E-state index contributed by atoms with van der Waals surface area (Å²) in [7, 11) is 0. The molecule has 0 aromatic heterocycles. The van der Waals surface area contributed by atoms with Crippen molar-refractivity contribution in [1.29, 1.82) is 0 Å². The minimum absolute atomic E-state index is 1.15. The Morgan fingerprint density at radius 3 is 2.19 bits per heavy atom. The summed E-state index contributed by atoms with van der Waals surface area (Å²) in [6.07, 6.45) is 6.93. The monoisotopic (exact) mass is 324 g/mol. The second kappa shape index (κ2) is 6.48. The first-order chi connectivity index (χ1) is 7.54. The molecule has 0 saturated carbocycles. The van der Waals surface area contributed by atoms with Crippen LogP contribution in [-0.4, -0.2) is 18.4 Å². The van der Waals surface area contributed by atoms with Crippen molar-refractivity contribution in [3.05, 3.63) is 42.5 Å². The van der Waals surface area contributed by atoms with E-state index in [1.54, 1.807) is 3.58 Å². The van der Waals surface area contributed by atoms with Gasteiger partial charge in [-0.05, 0) is 0 Å². The Labute approximate surface area is 105 Å². The van der Waals surface area contributed by atoms with E-state index in [9.17, 15) is 0 Å². The molecule has 16 heavy (non-hydrogen) atoms. The molecule has 88 valence electrons. The fourth-order valence-electron chi connectivity index (χ4n) is 1.79. The van der Waals surface area contributed by atoms with Crippen molar-refractivity contribution >= 4 is 22.0 Å². The Kier molecular flexibility index (Phi) is 5.60. The van der Waals surface area contributed by atoms with Gasteiger partial charge < -0.3 is 0 Å². The molecule has 0 saturated heterocycles. The average molecular weight is 323 g/mol. The normalized spacial score (nSPS) is 11.4. The molecule has 0 amide bonds. The number of hydrogen-bond donors (Lipinski definition) is 0. The Bertz CT molecular complexity index is 316. The first-order valence-electron chi connectivity index (χ1n) is 6.24. The zero-order valence-electron chi connectivity index (χ0n) is 10.9. The minimum atomic E-state index is -1.82. The van der Waals surface area contributed by atoms with Gasteiger partial charge in [0.15, 0.2) is 0 Å². The summed E-state index contributed by atoms with van der Waals surface area (Å²) in [6.45, 7) is 3.75. The zero-order valence-corrected chi connectivity index (χ0v) is 13.8. The van der Waals surface area contributed by atoms with Crippen molar-refractivity contribution in [2.24, 2.45) is 0 Å². The van der Waals surface area contributed by atoms with E-state index in [0.717, 1.165) is 6.42 Å². The number of aryl methyl sites for hydroxylation is 1. The standard InChI is InChI=1S/C12H15.3CH3.Sn/c1-2-3-4-6-9-12-10-7-5-8-11-12;;;;/h2,7-8,10-11H,1,3-4,6,9H2;3*1H3;. The van der Waals surface area contributed by atoms with Crippen LogP contribution in [0.25, 0.3) is 0 Å². The van der Waals surface area contributed by atoms with Crippen LogP contribution in [0.5, 0.6) is 0 Å². The van der Waals surface area contributed by atoms with E-state index in [2.05, 4.69) is 45.7 Å². The predicted molar refractivity (Wildman–Crippen MR) is 77.2 cm³/mol. The molecule has 1 heteroatoms. The third-order valence-electron chi connectivity index (χ3n) is 2.94. The topological polar surface area (TPSA) is 0 Å². The Balaban J connectivity index is 2.48. The van der Waals surface area contributed by atoms with Crippen LogP contribution >= 0.6 is 0 Å². The van der Waals surface area contributed by atoms with Crippen molar-refractivity contribution in [3.8, 4) is 0 Å². The van der Waals surface area contributed by atoms with Gasteiger partial charge in [0.2, 0.25) is 0 Å². The molecule has 0 unspecified atom stereocenters. The average Bonchev–Trinajstić information content (AvgIpc) is 2.24. The molecule has 0 fully saturated rings. The third-order valence-corrected chi connectivity index (χ3v) is 8.84. The van der Waals surface area contributed by atoms with Crippen LogP contribution < -0.4 is 3.58 Å². The molecule has 1 aromatic carbocycles. The van der Waals surface area contributed by atoms with E-state index in [-0.39, 0.29) is 0 Å². The molecule has 0 bridgehead atoms. The van der Waals surface area contributed by atoms with Gasteiger partial charge >= 0.3 is 105 Å². The van der Waals surface area contributed by atoms with Gasteiger partial charge in [-0.3, -0.25) is 0 Å². The molecule has 0 aliphatic carbocycles. The van der Waals surface area contributed by atoms with Crippen LogP contribution in [0.15, 0.2) is 36.9 Å². The van der Waals surface area contributed by atoms with E-state index >= 15 is 0 Å². The van der Waals surface area contributed by atoms with Gasteiger partial charge in [-0.2, -0.15) is 0 Å². The molecular weight excluding hydrogens is 299 g/mol. The first-order valence-corrected chi connectivity index (χ1v) is 16.2. The molecule has 0 nitrogen and oxygen atoms in total. The van der Waals surface area contributed by atoms with E-state index in [1.807, 2.05) is 6.08 Å². The molecule has 0 aliphatic rings. The summed E-state index contributed by atoms with van der Waals surface area (Å²) in [6, 6.07) is 9.37. The fraction of sp³-hybridized carbons (Fsp3) is 0.467. The first kappa shape index (κ1) is 13.8. The van der Waals surface area contributed by atoms with Gasteiger partial charge in [0, 0.05) is 0 Å². The number of hydrogen-bond acceptors (Lipinski definition) is 0.